The van der Waals surface area contributed by atoms with Crippen molar-refractivity contribution in [2.45, 2.75) is 39.4 Å². The predicted molar refractivity (Wildman–Crippen MR) is 49.8 cm³/mol. The summed E-state index contributed by atoms with van der Waals surface area (Å²) in [7, 11) is 0. The number of carbonyl (C=O) groups is 1. The fourth-order valence-electron chi connectivity index (χ4n) is 0.703. The molecule has 0 spiro atoms. The molecule has 0 aliphatic rings. The average molecular weight is 206 g/mol. The zero-order valence-corrected chi connectivity index (χ0v) is 8.86. The first-order valence-electron chi connectivity index (χ1n) is 4.66. The van der Waals surface area contributed by atoms with Crippen molar-refractivity contribution in [3.05, 3.63) is 0 Å². The lowest BCUT2D eigenvalue weighted by atomic mass is 10.3. The molecule has 2 atom stereocenters. The van der Waals surface area contributed by atoms with Crippen LogP contribution in [0.1, 0.15) is 27.2 Å². The Kier molecular flexibility index (Phi) is 7.14. The zero-order chi connectivity index (χ0) is 11.0. The topological polar surface area (TPSA) is 65.0 Å². The monoisotopic (exact) mass is 206 g/mol. The van der Waals surface area contributed by atoms with E-state index >= 15 is 0 Å². The number of hydrogen-bond donors (Lipinski definition) is 1. The molecule has 14 heavy (non-hydrogen) atoms. The lowest BCUT2D eigenvalue weighted by molar-refractivity contribution is -0.0496. The molecule has 0 aromatic rings. The molecule has 0 rings (SSSR count). The van der Waals surface area contributed by atoms with Gasteiger partial charge in [-0.2, -0.15) is 0 Å². The van der Waals surface area contributed by atoms with E-state index in [1.807, 2.05) is 13.8 Å². The van der Waals surface area contributed by atoms with Crippen LogP contribution in [-0.2, 0) is 14.2 Å². The van der Waals surface area contributed by atoms with Crippen molar-refractivity contribution in [3.63, 3.8) is 0 Å². The second-order valence-corrected chi connectivity index (χ2v) is 3.00. The van der Waals surface area contributed by atoms with Gasteiger partial charge in [0.2, 0.25) is 0 Å². The van der Waals surface area contributed by atoms with Gasteiger partial charge in [-0.1, -0.05) is 6.92 Å². The molecule has 0 aromatic heterocycles. The summed E-state index contributed by atoms with van der Waals surface area (Å²) in [4.78, 5) is 10.7. The second-order valence-electron chi connectivity index (χ2n) is 3.00. The number of ether oxygens (including phenoxy) is 3. The van der Waals surface area contributed by atoms with Gasteiger partial charge in [-0.25, -0.2) is 4.79 Å². The molecular weight excluding hydrogens is 188 g/mol. The number of rotatable bonds is 6. The van der Waals surface area contributed by atoms with Gasteiger partial charge in [-0.3, -0.25) is 0 Å². The standard InChI is InChI=1S/C9H18O5/c1-4-7(2)12-5-8(3)14-9(11)13-6-10/h7-8,10H,4-6H2,1-3H3. The average Bonchev–Trinajstić information content (AvgIpc) is 2.14. The van der Waals surface area contributed by atoms with Gasteiger partial charge in [0.1, 0.15) is 6.10 Å². The highest BCUT2D eigenvalue weighted by Gasteiger charge is 2.11. The van der Waals surface area contributed by atoms with Crippen molar-refractivity contribution in [1.29, 1.82) is 0 Å². The molecule has 0 aliphatic heterocycles. The fraction of sp³-hybridized carbons (Fsp3) is 0.889. The molecule has 0 amide bonds. The molecule has 0 heterocycles. The van der Waals surface area contributed by atoms with Crippen LogP contribution in [-0.4, -0.2) is 36.9 Å². The number of aliphatic hydroxyl groups is 1. The minimum absolute atomic E-state index is 0.148. The zero-order valence-electron chi connectivity index (χ0n) is 8.86. The second kappa shape index (κ2) is 7.58. The largest absolute Gasteiger partial charge is 0.510 e. The lowest BCUT2D eigenvalue weighted by Crippen LogP contribution is -2.23. The van der Waals surface area contributed by atoms with Crippen LogP contribution in [0.2, 0.25) is 0 Å². The van der Waals surface area contributed by atoms with Crippen LogP contribution < -0.4 is 0 Å². The summed E-state index contributed by atoms with van der Waals surface area (Å²) < 4.78 is 14.3. The van der Waals surface area contributed by atoms with Gasteiger partial charge in [0.05, 0.1) is 12.7 Å². The third kappa shape index (κ3) is 6.68. The highest BCUT2D eigenvalue weighted by Crippen LogP contribution is 2.00. The van der Waals surface area contributed by atoms with E-state index in [-0.39, 0.29) is 12.2 Å². The van der Waals surface area contributed by atoms with E-state index in [9.17, 15) is 4.79 Å². The van der Waals surface area contributed by atoms with Crippen LogP contribution in [0.3, 0.4) is 0 Å². The first-order chi connectivity index (χ1) is 6.60. The Labute approximate surface area is 84.0 Å². The molecule has 5 nitrogen and oxygen atoms in total. The summed E-state index contributed by atoms with van der Waals surface area (Å²) in [5.41, 5.74) is 0. The maximum absolute atomic E-state index is 10.7. The number of hydrogen-bond acceptors (Lipinski definition) is 5. The van der Waals surface area contributed by atoms with Gasteiger partial charge < -0.3 is 19.3 Å². The Morgan fingerprint density at radius 2 is 2.00 bits per heavy atom. The molecule has 0 radical (unpaired) electrons. The molecule has 0 aromatic carbocycles. The van der Waals surface area contributed by atoms with Crippen molar-refractivity contribution in [2.24, 2.45) is 0 Å². The number of carbonyl (C=O) groups excluding carboxylic acids is 1. The Morgan fingerprint density at radius 3 is 2.50 bits per heavy atom. The highest BCUT2D eigenvalue weighted by atomic mass is 16.8. The molecule has 0 saturated heterocycles. The Hall–Kier alpha value is -0.810. The summed E-state index contributed by atoms with van der Waals surface area (Å²) in [6.07, 6.45) is -0.195. The van der Waals surface area contributed by atoms with E-state index in [2.05, 4.69) is 4.74 Å². The van der Waals surface area contributed by atoms with Crippen molar-refractivity contribution < 1.29 is 24.1 Å². The molecule has 2 unspecified atom stereocenters. The van der Waals surface area contributed by atoms with Gasteiger partial charge in [0.15, 0.2) is 6.79 Å². The van der Waals surface area contributed by atoms with Crippen LogP contribution >= 0.6 is 0 Å². The summed E-state index contributed by atoms with van der Waals surface area (Å²) in [5, 5.41) is 8.25. The first-order valence-corrected chi connectivity index (χ1v) is 4.66. The Bertz CT molecular complexity index is 159. The third-order valence-electron chi connectivity index (χ3n) is 1.67. The molecule has 84 valence electrons. The molecule has 5 heteroatoms. The summed E-state index contributed by atoms with van der Waals surface area (Å²) in [6.45, 7) is 5.31. The SMILES string of the molecule is CCC(C)OCC(C)OC(=O)OCO. The van der Waals surface area contributed by atoms with E-state index < -0.39 is 12.9 Å². The predicted octanol–water partition coefficient (Wildman–Crippen LogP) is 1.29. The Balaban J connectivity index is 3.54. The van der Waals surface area contributed by atoms with Gasteiger partial charge in [0.25, 0.3) is 0 Å². The van der Waals surface area contributed by atoms with E-state index in [1.54, 1.807) is 6.92 Å². The maximum atomic E-state index is 10.7. The Morgan fingerprint density at radius 1 is 1.36 bits per heavy atom. The molecule has 0 aliphatic carbocycles. The minimum Gasteiger partial charge on any atom is -0.429 e. The summed E-state index contributed by atoms with van der Waals surface area (Å²) in [5.74, 6) is 0. The van der Waals surface area contributed by atoms with Crippen LogP contribution in [0.15, 0.2) is 0 Å². The highest BCUT2D eigenvalue weighted by molar-refractivity contribution is 5.59. The van der Waals surface area contributed by atoms with E-state index in [4.69, 9.17) is 14.6 Å². The van der Waals surface area contributed by atoms with E-state index in [0.29, 0.717) is 6.61 Å². The smallest absolute Gasteiger partial charge is 0.429 e. The first kappa shape index (κ1) is 13.2. The summed E-state index contributed by atoms with van der Waals surface area (Å²) in [6, 6.07) is 0. The van der Waals surface area contributed by atoms with Gasteiger partial charge in [-0.15, -0.1) is 0 Å². The molecule has 0 saturated carbocycles. The van der Waals surface area contributed by atoms with Crippen molar-refractivity contribution >= 4 is 6.16 Å². The third-order valence-corrected chi connectivity index (χ3v) is 1.67. The maximum Gasteiger partial charge on any atom is 0.510 e. The lowest BCUT2D eigenvalue weighted by Gasteiger charge is -2.15. The fourth-order valence-corrected chi connectivity index (χ4v) is 0.703. The van der Waals surface area contributed by atoms with Gasteiger partial charge in [0, 0.05) is 0 Å². The summed E-state index contributed by atoms with van der Waals surface area (Å²) >= 11 is 0. The van der Waals surface area contributed by atoms with Crippen molar-refractivity contribution in [2.75, 3.05) is 13.4 Å². The van der Waals surface area contributed by atoms with E-state index in [0.717, 1.165) is 6.42 Å². The molecule has 1 N–H and O–H groups in total. The van der Waals surface area contributed by atoms with Crippen molar-refractivity contribution in [3.8, 4) is 0 Å². The molecular formula is C9H18O5. The van der Waals surface area contributed by atoms with Crippen molar-refractivity contribution in [1.82, 2.24) is 0 Å². The van der Waals surface area contributed by atoms with Gasteiger partial charge >= 0.3 is 6.16 Å². The van der Waals surface area contributed by atoms with Gasteiger partial charge in [-0.05, 0) is 20.3 Å². The van der Waals surface area contributed by atoms with Crippen LogP contribution in [0.4, 0.5) is 4.79 Å². The number of aliphatic hydroxyl groups excluding tert-OH is 1. The van der Waals surface area contributed by atoms with E-state index in [1.165, 1.54) is 0 Å². The molecule has 0 fully saturated rings. The van der Waals surface area contributed by atoms with Crippen LogP contribution in [0.25, 0.3) is 0 Å². The minimum atomic E-state index is -0.882. The quantitative estimate of drug-likeness (QED) is 0.524. The van der Waals surface area contributed by atoms with Crippen LogP contribution in [0, 0.1) is 0 Å². The molecule has 0 bridgehead atoms. The van der Waals surface area contributed by atoms with Crippen LogP contribution in [0.5, 0.6) is 0 Å². The normalized spacial score (nSPS) is 14.6.